The van der Waals surface area contributed by atoms with Crippen LogP contribution in [0, 0.1) is 0 Å². The molecule has 17 heavy (non-hydrogen) atoms. The Hall–Kier alpha value is -1.88. The first-order valence-corrected chi connectivity index (χ1v) is 5.18. The SMILES string of the molecule is COc1cccc(N2C(=O)[C@@H](OC)[C@H]2C=O)c1. The van der Waals surface area contributed by atoms with Crippen LogP contribution in [0.3, 0.4) is 0 Å². The molecule has 0 aliphatic carbocycles. The highest BCUT2D eigenvalue weighted by atomic mass is 16.5. The summed E-state index contributed by atoms with van der Waals surface area (Å²) in [5.41, 5.74) is 0.639. The Balaban J connectivity index is 2.27. The molecular weight excluding hydrogens is 222 g/mol. The molecular formula is C12H13NO4. The number of benzene rings is 1. The Morgan fingerprint density at radius 1 is 1.35 bits per heavy atom. The molecule has 90 valence electrons. The summed E-state index contributed by atoms with van der Waals surface area (Å²) in [6.07, 6.45) is 0.0494. The number of aldehydes is 1. The molecule has 1 saturated heterocycles. The van der Waals surface area contributed by atoms with Crippen molar-refractivity contribution in [2.75, 3.05) is 19.1 Å². The van der Waals surface area contributed by atoms with Gasteiger partial charge in [-0.25, -0.2) is 0 Å². The summed E-state index contributed by atoms with van der Waals surface area (Å²) >= 11 is 0. The van der Waals surface area contributed by atoms with Crippen molar-refractivity contribution in [1.82, 2.24) is 0 Å². The topological polar surface area (TPSA) is 55.8 Å². The van der Waals surface area contributed by atoms with Gasteiger partial charge in [0, 0.05) is 18.9 Å². The van der Waals surface area contributed by atoms with Crippen LogP contribution in [0.5, 0.6) is 5.75 Å². The maximum absolute atomic E-state index is 11.8. The Bertz CT molecular complexity index is 446. The first kappa shape index (κ1) is 11.6. The number of carbonyl (C=O) groups excluding carboxylic acids is 2. The van der Waals surface area contributed by atoms with Crippen LogP contribution in [0.1, 0.15) is 0 Å². The van der Waals surface area contributed by atoms with Crippen LogP contribution in [-0.4, -0.2) is 38.6 Å². The first-order valence-electron chi connectivity index (χ1n) is 5.18. The van der Waals surface area contributed by atoms with Crippen molar-refractivity contribution in [2.24, 2.45) is 0 Å². The summed E-state index contributed by atoms with van der Waals surface area (Å²) in [6, 6.07) is 6.45. The van der Waals surface area contributed by atoms with E-state index in [1.54, 1.807) is 31.4 Å². The van der Waals surface area contributed by atoms with E-state index in [1.165, 1.54) is 12.0 Å². The number of hydrogen-bond donors (Lipinski definition) is 0. The van der Waals surface area contributed by atoms with Gasteiger partial charge in [0.05, 0.1) is 7.11 Å². The summed E-state index contributed by atoms with van der Waals surface area (Å²) in [6.45, 7) is 0. The number of rotatable bonds is 4. The van der Waals surface area contributed by atoms with Crippen LogP contribution in [0.25, 0.3) is 0 Å². The second-order valence-corrected chi connectivity index (χ2v) is 3.69. The van der Waals surface area contributed by atoms with Gasteiger partial charge in [-0.15, -0.1) is 0 Å². The van der Waals surface area contributed by atoms with Crippen molar-refractivity contribution < 1.29 is 19.1 Å². The summed E-state index contributed by atoms with van der Waals surface area (Å²) in [7, 11) is 2.97. The van der Waals surface area contributed by atoms with E-state index in [4.69, 9.17) is 9.47 Å². The molecule has 0 aromatic heterocycles. The molecule has 1 aromatic carbocycles. The number of methoxy groups -OCH3 is 2. The number of nitrogens with zero attached hydrogens (tertiary/aromatic N) is 1. The minimum atomic E-state index is -0.668. The highest BCUT2D eigenvalue weighted by molar-refractivity contribution is 6.10. The average Bonchev–Trinajstić information content (AvgIpc) is 2.36. The Morgan fingerprint density at radius 2 is 2.12 bits per heavy atom. The van der Waals surface area contributed by atoms with Crippen molar-refractivity contribution >= 4 is 17.9 Å². The molecule has 1 fully saturated rings. The number of β-lactam (4-membered cyclic amide) rings is 1. The van der Waals surface area contributed by atoms with E-state index in [-0.39, 0.29) is 5.91 Å². The summed E-state index contributed by atoms with van der Waals surface area (Å²) in [5.74, 6) is 0.429. The molecule has 0 radical (unpaired) electrons. The highest BCUT2D eigenvalue weighted by Gasteiger charge is 2.48. The molecule has 0 N–H and O–H groups in total. The monoisotopic (exact) mass is 235 g/mol. The predicted molar refractivity (Wildman–Crippen MR) is 61.1 cm³/mol. The summed E-state index contributed by atoms with van der Waals surface area (Å²) in [4.78, 5) is 24.1. The van der Waals surface area contributed by atoms with E-state index < -0.39 is 12.1 Å². The van der Waals surface area contributed by atoms with Crippen LogP contribution in [-0.2, 0) is 14.3 Å². The number of ether oxygens (including phenoxy) is 2. The van der Waals surface area contributed by atoms with E-state index in [1.807, 2.05) is 0 Å². The van der Waals surface area contributed by atoms with E-state index in [0.717, 1.165) is 6.29 Å². The second kappa shape index (κ2) is 4.55. The smallest absolute Gasteiger partial charge is 0.259 e. The van der Waals surface area contributed by atoms with Crippen LogP contribution < -0.4 is 9.64 Å². The standard InChI is InChI=1S/C12H13NO4/c1-16-9-5-3-4-8(6-9)13-10(7-14)11(17-2)12(13)15/h3-7,10-11H,1-2H3/t10-,11+/m1/s1. The molecule has 1 aliphatic heterocycles. The van der Waals surface area contributed by atoms with E-state index in [9.17, 15) is 9.59 Å². The minimum Gasteiger partial charge on any atom is -0.497 e. The maximum Gasteiger partial charge on any atom is 0.259 e. The fourth-order valence-corrected chi connectivity index (χ4v) is 1.92. The molecule has 0 unspecified atom stereocenters. The van der Waals surface area contributed by atoms with Crippen molar-refractivity contribution in [3.8, 4) is 5.75 Å². The van der Waals surface area contributed by atoms with Gasteiger partial charge in [0.15, 0.2) is 6.10 Å². The molecule has 0 spiro atoms. The zero-order chi connectivity index (χ0) is 12.4. The Morgan fingerprint density at radius 3 is 2.71 bits per heavy atom. The Labute approximate surface area is 98.9 Å². The van der Waals surface area contributed by atoms with Gasteiger partial charge in [-0.05, 0) is 12.1 Å². The third-order valence-corrected chi connectivity index (χ3v) is 2.81. The van der Waals surface area contributed by atoms with Crippen LogP contribution >= 0.6 is 0 Å². The Kier molecular flexibility index (Phi) is 3.10. The van der Waals surface area contributed by atoms with Gasteiger partial charge < -0.3 is 14.3 Å². The van der Waals surface area contributed by atoms with Crippen molar-refractivity contribution in [1.29, 1.82) is 0 Å². The molecule has 1 heterocycles. The van der Waals surface area contributed by atoms with E-state index >= 15 is 0 Å². The second-order valence-electron chi connectivity index (χ2n) is 3.69. The lowest BCUT2D eigenvalue weighted by Crippen LogP contribution is -2.66. The van der Waals surface area contributed by atoms with Gasteiger partial charge in [0.1, 0.15) is 18.1 Å². The molecule has 5 nitrogen and oxygen atoms in total. The first-order chi connectivity index (χ1) is 8.22. The molecule has 0 saturated carbocycles. The third-order valence-electron chi connectivity index (χ3n) is 2.81. The molecule has 5 heteroatoms. The number of hydrogen-bond acceptors (Lipinski definition) is 4. The van der Waals surface area contributed by atoms with Crippen molar-refractivity contribution in [3.63, 3.8) is 0 Å². The zero-order valence-corrected chi connectivity index (χ0v) is 9.62. The molecule has 2 rings (SSSR count). The summed E-state index contributed by atoms with van der Waals surface area (Å²) in [5, 5.41) is 0. The van der Waals surface area contributed by atoms with Crippen molar-refractivity contribution in [2.45, 2.75) is 12.1 Å². The van der Waals surface area contributed by atoms with Crippen LogP contribution in [0.2, 0.25) is 0 Å². The third kappa shape index (κ3) is 1.78. The molecule has 1 amide bonds. The molecule has 1 aromatic rings. The molecule has 2 atom stereocenters. The van der Waals surface area contributed by atoms with Gasteiger partial charge in [-0.3, -0.25) is 9.69 Å². The number of carbonyl (C=O) groups is 2. The normalized spacial score (nSPS) is 23.2. The molecule has 1 aliphatic rings. The maximum atomic E-state index is 11.8. The molecule has 0 bridgehead atoms. The van der Waals surface area contributed by atoms with Crippen molar-refractivity contribution in [3.05, 3.63) is 24.3 Å². The average molecular weight is 235 g/mol. The van der Waals surface area contributed by atoms with Gasteiger partial charge in [-0.2, -0.15) is 0 Å². The fraction of sp³-hybridized carbons (Fsp3) is 0.333. The fourth-order valence-electron chi connectivity index (χ4n) is 1.92. The lowest BCUT2D eigenvalue weighted by molar-refractivity contribution is -0.142. The quantitative estimate of drug-likeness (QED) is 0.567. The lowest BCUT2D eigenvalue weighted by Gasteiger charge is -2.42. The largest absolute Gasteiger partial charge is 0.497 e. The zero-order valence-electron chi connectivity index (χ0n) is 9.62. The van der Waals surface area contributed by atoms with Crippen LogP contribution in [0.4, 0.5) is 5.69 Å². The highest BCUT2D eigenvalue weighted by Crippen LogP contribution is 2.30. The number of amides is 1. The van der Waals surface area contributed by atoms with E-state index in [2.05, 4.69) is 0 Å². The number of anilines is 1. The van der Waals surface area contributed by atoms with Gasteiger partial charge in [-0.1, -0.05) is 6.07 Å². The minimum absolute atomic E-state index is 0.210. The van der Waals surface area contributed by atoms with Gasteiger partial charge in [0.25, 0.3) is 5.91 Å². The predicted octanol–water partition coefficient (Wildman–Crippen LogP) is 0.624. The lowest BCUT2D eigenvalue weighted by atomic mass is 9.98. The van der Waals surface area contributed by atoms with Gasteiger partial charge in [0.2, 0.25) is 0 Å². The van der Waals surface area contributed by atoms with Crippen LogP contribution in [0.15, 0.2) is 24.3 Å². The van der Waals surface area contributed by atoms with E-state index in [0.29, 0.717) is 11.4 Å². The van der Waals surface area contributed by atoms with Gasteiger partial charge >= 0.3 is 0 Å². The summed E-state index contributed by atoms with van der Waals surface area (Å²) < 4.78 is 10.0.